The van der Waals surface area contributed by atoms with Gasteiger partial charge >= 0.3 is 0 Å². The lowest BCUT2D eigenvalue weighted by atomic mass is 10.2. The minimum Gasteiger partial charge on any atom is -0.360 e. The molecule has 86 valence electrons. The summed E-state index contributed by atoms with van der Waals surface area (Å²) in [7, 11) is 1.72. The predicted octanol–water partition coefficient (Wildman–Crippen LogP) is 2.77. The van der Waals surface area contributed by atoms with Gasteiger partial charge < -0.3 is 4.74 Å². The topological polar surface area (TPSA) is 39.9 Å². The van der Waals surface area contributed by atoms with E-state index in [1.807, 2.05) is 28.9 Å². The second-order valence-electron chi connectivity index (χ2n) is 3.86. The van der Waals surface area contributed by atoms with Gasteiger partial charge in [-0.25, -0.2) is 4.68 Å². The Bertz CT molecular complexity index is 452. The molecule has 0 N–H and O–H groups in total. The van der Waals surface area contributed by atoms with Crippen molar-refractivity contribution >= 4 is 11.0 Å². The monoisotopic (exact) mass is 219 g/mol. The standard InChI is InChI=1S/C12H17N3O/c1-3-4-9-12(16-2)15-11-8-6-5-7-10(11)13-14-15/h5-8,12H,3-4,9H2,1-2H3/t12-/m0/s1. The van der Waals surface area contributed by atoms with Crippen LogP contribution in [0.15, 0.2) is 24.3 Å². The van der Waals surface area contributed by atoms with Crippen LogP contribution in [-0.4, -0.2) is 22.1 Å². The molecule has 0 aliphatic rings. The van der Waals surface area contributed by atoms with Crippen molar-refractivity contribution in [1.82, 2.24) is 15.0 Å². The summed E-state index contributed by atoms with van der Waals surface area (Å²) in [5.41, 5.74) is 1.95. The van der Waals surface area contributed by atoms with Crippen LogP contribution in [0.1, 0.15) is 32.4 Å². The molecule has 16 heavy (non-hydrogen) atoms. The van der Waals surface area contributed by atoms with Crippen LogP contribution in [-0.2, 0) is 4.74 Å². The van der Waals surface area contributed by atoms with E-state index in [0.29, 0.717) is 0 Å². The number of ether oxygens (including phenoxy) is 1. The van der Waals surface area contributed by atoms with Crippen LogP contribution in [0.2, 0.25) is 0 Å². The Morgan fingerprint density at radius 1 is 1.38 bits per heavy atom. The molecule has 2 aromatic rings. The van der Waals surface area contributed by atoms with E-state index < -0.39 is 0 Å². The molecule has 1 atom stereocenters. The van der Waals surface area contributed by atoms with Crippen LogP contribution in [0.5, 0.6) is 0 Å². The Morgan fingerprint density at radius 2 is 2.19 bits per heavy atom. The number of hydrogen-bond donors (Lipinski definition) is 0. The van der Waals surface area contributed by atoms with Crippen LogP contribution in [0.3, 0.4) is 0 Å². The minimum absolute atomic E-state index is 0.00708. The van der Waals surface area contributed by atoms with E-state index in [4.69, 9.17) is 4.74 Å². The summed E-state index contributed by atoms with van der Waals surface area (Å²) < 4.78 is 7.33. The smallest absolute Gasteiger partial charge is 0.152 e. The number of unbranched alkanes of at least 4 members (excludes halogenated alkanes) is 1. The summed E-state index contributed by atoms with van der Waals surface area (Å²) in [6.45, 7) is 2.17. The third-order valence-corrected chi connectivity index (χ3v) is 2.73. The van der Waals surface area contributed by atoms with E-state index in [2.05, 4.69) is 17.2 Å². The summed E-state index contributed by atoms with van der Waals surface area (Å²) in [6, 6.07) is 7.95. The van der Waals surface area contributed by atoms with E-state index in [9.17, 15) is 0 Å². The average molecular weight is 219 g/mol. The average Bonchev–Trinajstić information content (AvgIpc) is 2.75. The quantitative estimate of drug-likeness (QED) is 0.776. The van der Waals surface area contributed by atoms with Crippen molar-refractivity contribution in [3.05, 3.63) is 24.3 Å². The van der Waals surface area contributed by atoms with Gasteiger partial charge in [-0.2, -0.15) is 0 Å². The van der Waals surface area contributed by atoms with Crippen molar-refractivity contribution < 1.29 is 4.74 Å². The zero-order valence-electron chi connectivity index (χ0n) is 9.76. The summed E-state index contributed by atoms with van der Waals surface area (Å²) in [5, 5.41) is 8.29. The first-order valence-electron chi connectivity index (χ1n) is 5.69. The van der Waals surface area contributed by atoms with Gasteiger partial charge in [0.25, 0.3) is 0 Å². The molecule has 0 bridgehead atoms. The maximum absolute atomic E-state index is 5.47. The molecule has 0 saturated carbocycles. The molecule has 1 heterocycles. The van der Waals surface area contributed by atoms with Gasteiger partial charge in [-0.1, -0.05) is 30.7 Å². The lowest BCUT2D eigenvalue weighted by molar-refractivity contribution is 0.0273. The fourth-order valence-corrected chi connectivity index (χ4v) is 1.82. The molecule has 0 amide bonds. The van der Waals surface area contributed by atoms with Gasteiger partial charge in [-0.15, -0.1) is 5.10 Å². The molecular weight excluding hydrogens is 202 g/mol. The highest BCUT2D eigenvalue weighted by molar-refractivity contribution is 5.73. The van der Waals surface area contributed by atoms with Crippen LogP contribution < -0.4 is 0 Å². The van der Waals surface area contributed by atoms with E-state index in [0.717, 1.165) is 30.3 Å². The Balaban J connectivity index is 2.30. The predicted molar refractivity (Wildman–Crippen MR) is 63.1 cm³/mol. The third kappa shape index (κ3) is 2.07. The number of hydrogen-bond acceptors (Lipinski definition) is 3. The first-order valence-corrected chi connectivity index (χ1v) is 5.69. The largest absolute Gasteiger partial charge is 0.360 e. The van der Waals surface area contributed by atoms with Crippen LogP contribution in [0, 0.1) is 0 Å². The molecule has 0 fully saturated rings. The number of fused-ring (bicyclic) bond motifs is 1. The molecule has 1 aromatic carbocycles. The number of benzene rings is 1. The van der Waals surface area contributed by atoms with E-state index >= 15 is 0 Å². The molecule has 0 spiro atoms. The molecule has 0 saturated heterocycles. The molecule has 0 aliphatic carbocycles. The first-order chi connectivity index (χ1) is 7.86. The number of methoxy groups -OCH3 is 1. The maximum atomic E-state index is 5.47. The molecule has 1 aromatic heterocycles. The second-order valence-corrected chi connectivity index (χ2v) is 3.86. The van der Waals surface area contributed by atoms with Crippen molar-refractivity contribution in [3.63, 3.8) is 0 Å². The Hall–Kier alpha value is -1.42. The van der Waals surface area contributed by atoms with Gasteiger partial charge in [-0.3, -0.25) is 0 Å². The lowest BCUT2D eigenvalue weighted by Crippen LogP contribution is -2.12. The van der Waals surface area contributed by atoms with Gasteiger partial charge in [0.15, 0.2) is 6.23 Å². The maximum Gasteiger partial charge on any atom is 0.152 e. The highest BCUT2D eigenvalue weighted by Gasteiger charge is 2.13. The van der Waals surface area contributed by atoms with Crippen LogP contribution >= 0.6 is 0 Å². The fraction of sp³-hybridized carbons (Fsp3) is 0.500. The molecule has 4 nitrogen and oxygen atoms in total. The van der Waals surface area contributed by atoms with Gasteiger partial charge in [0.05, 0.1) is 5.52 Å². The number of nitrogens with zero attached hydrogens (tertiary/aromatic N) is 3. The minimum atomic E-state index is -0.00708. The van der Waals surface area contributed by atoms with Gasteiger partial charge in [0, 0.05) is 7.11 Å². The Labute approximate surface area is 95.2 Å². The number of aromatic nitrogens is 3. The zero-order valence-corrected chi connectivity index (χ0v) is 9.76. The zero-order chi connectivity index (χ0) is 11.4. The van der Waals surface area contributed by atoms with Gasteiger partial charge in [0.1, 0.15) is 5.52 Å². The molecule has 2 rings (SSSR count). The van der Waals surface area contributed by atoms with E-state index in [1.54, 1.807) is 7.11 Å². The van der Waals surface area contributed by atoms with Crippen molar-refractivity contribution in [2.75, 3.05) is 7.11 Å². The normalized spacial score (nSPS) is 13.1. The highest BCUT2D eigenvalue weighted by atomic mass is 16.5. The lowest BCUT2D eigenvalue weighted by Gasteiger charge is -2.15. The second kappa shape index (κ2) is 5.07. The Kier molecular flexibility index (Phi) is 3.51. The van der Waals surface area contributed by atoms with Crippen molar-refractivity contribution in [3.8, 4) is 0 Å². The summed E-state index contributed by atoms with van der Waals surface area (Å²) in [4.78, 5) is 0. The molecular formula is C12H17N3O. The van der Waals surface area contributed by atoms with Crippen molar-refractivity contribution in [2.45, 2.75) is 32.4 Å². The van der Waals surface area contributed by atoms with Crippen LogP contribution in [0.25, 0.3) is 11.0 Å². The number of rotatable bonds is 5. The SMILES string of the molecule is CCCC[C@H](OC)n1nnc2ccccc21. The highest BCUT2D eigenvalue weighted by Crippen LogP contribution is 2.20. The fourth-order valence-electron chi connectivity index (χ4n) is 1.82. The van der Waals surface area contributed by atoms with Gasteiger partial charge in [0.2, 0.25) is 0 Å². The molecule has 0 radical (unpaired) electrons. The van der Waals surface area contributed by atoms with Gasteiger partial charge in [-0.05, 0) is 25.0 Å². The number of para-hydroxylation sites is 1. The van der Waals surface area contributed by atoms with Crippen molar-refractivity contribution in [2.24, 2.45) is 0 Å². The molecule has 4 heteroatoms. The van der Waals surface area contributed by atoms with E-state index in [1.165, 1.54) is 0 Å². The van der Waals surface area contributed by atoms with E-state index in [-0.39, 0.29) is 6.23 Å². The molecule has 0 aliphatic heterocycles. The Morgan fingerprint density at radius 3 is 2.94 bits per heavy atom. The summed E-state index contributed by atoms with van der Waals surface area (Å²) in [6.07, 6.45) is 3.26. The molecule has 0 unspecified atom stereocenters. The first kappa shape index (κ1) is 11.1. The van der Waals surface area contributed by atoms with Crippen LogP contribution in [0.4, 0.5) is 0 Å². The van der Waals surface area contributed by atoms with Crippen molar-refractivity contribution in [1.29, 1.82) is 0 Å². The summed E-state index contributed by atoms with van der Waals surface area (Å²) in [5.74, 6) is 0. The summed E-state index contributed by atoms with van der Waals surface area (Å²) >= 11 is 0. The third-order valence-electron chi connectivity index (χ3n) is 2.73.